The normalized spacial score (nSPS) is 9.36. The van der Waals surface area contributed by atoms with E-state index in [4.69, 9.17) is 4.74 Å². The Labute approximate surface area is 65.7 Å². The van der Waals surface area contributed by atoms with E-state index in [9.17, 15) is 9.59 Å². The van der Waals surface area contributed by atoms with Crippen LogP contribution in [0.3, 0.4) is 0 Å². The summed E-state index contributed by atoms with van der Waals surface area (Å²) in [6.07, 6.45) is 0.351. The average Bonchev–Trinajstić information content (AvgIpc) is 1.79. The molecule has 0 rings (SSSR count). The molecule has 0 saturated heterocycles. The van der Waals surface area contributed by atoms with Gasteiger partial charge in [-0.3, -0.25) is 4.79 Å². The van der Waals surface area contributed by atoms with Crippen LogP contribution in [0.4, 0.5) is 0 Å². The maximum absolute atomic E-state index is 10.7. The third kappa shape index (κ3) is 6.59. The van der Waals surface area contributed by atoms with Crippen LogP contribution in [0.15, 0.2) is 0 Å². The minimum absolute atomic E-state index is 0.351. The number of hydrogen-bond donors (Lipinski definition) is 0. The molecule has 0 N–H and O–H groups in total. The number of carbonyl (C=O) groups excluding carboxylic acids is 2. The lowest BCUT2D eigenvalue weighted by Gasteiger charge is -2.16. The molecule has 0 aromatic rings. The van der Waals surface area contributed by atoms with Crippen molar-refractivity contribution in [1.82, 2.24) is 0 Å². The molecule has 3 heteroatoms. The molecule has 0 aliphatic carbocycles. The summed E-state index contributed by atoms with van der Waals surface area (Å²) in [6.45, 7) is 5.19. The molecule has 0 aromatic heterocycles. The third-order valence-electron chi connectivity index (χ3n) is 0.632. The molecule has 0 aromatic carbocycles. The second kappa shape index (κ2) is 3.77. The van der Waals surface area contributed by atoms with Crippen molar-refractivity contribution in [3.05, 3.63) is 0 Å². The number of aldehydes is 1. The van der Waals surface area contributed by atoms with Crippen molar-refractivity contribution in [2.75, 3.05) is 0 Å². The van der Waals surface area contributed by atoms with E-state index in [0.29, 0.717) is 6.29 Å². The largest absolute Gasteiger partial charge is 0.450 e. The predicted molar refractivity (Wildman–Crippen MR) is 39.7 cm³/mol. The first-order valence-corrected chi connectivity index (χ1v) is 3.14. The van der Waals surface area contributed by atoms with Gasteiger partial charge in [0.15, 0.2) is 6.29 Å². The van der Waals surface area contributed by atoms with Gasteiger partial charge in [-0.05, 0) is 26.7 Å². The second-order valence-corrected chi connectivity index (χ2v) is 2.89. The van der Waals surface area contributed by atoms with Gasteiger partial charge in [-0.2, -0.15) is 0 Å². The van der Waals surface area contributed by atoms with Crippen LogP contribution in [-0.2, 0) is 14.3 Å². The SMILES string of the molecule is CC(C)(C)OC(=O)C#CC=O. The van der Waals surface area contributed by atoms with Gasteiger partial charge in [0, 0.05) is 5.92 Å². The van der Waals surface area contributed by atoms with Gasteiger partial charge in [0.05, 0.1) is 0 Å². The zero-order valence-corrected chi connectivity index (χ0v) is 6.80. The zero-order valence-electron chi connectivity index (χ0n) is 6.80. The first-order chi connectivity index (χ1) is 4.95. The summed E-state index contributed by atoms with van der Waals surface area (Å²) >= 11 is 0. The van der Waals surface area contributed by atoms with Crippen molar-refractivity contribution in [3.63, 3.8) is 0 Å². The van der Waals surface area contributed by atoms with Crippen LogP contribution in [0.2, 0.25) is 0 Å². The van der Waals surface area contributed by atoms with Gasteiger partial charge in [-0.15, -0.1) is 0 Å². The third-order valence-corrected chi connectivity index (χ3v) is 0.632. The molecule has 0 atom stereocenters. The highest BCUT2D eigenvalue weighted by molar-refractivity contribution is 5.93. The summed E-state index contributed by atoms with van der Waals surface area (Å²) in [6, 6.07) is 0. The number of esters is 1. The minimum Gasteiger partial charge on any atom is -0.450 e. The number of carbonyl (C=O) groups is 2. The van der Waals surface area contributed by atoms with Crippen molar-refractivity contribution in [2.24, 2.45) is 0 Å². The lowest BCUT2D eigenvalue weighted by atomic mass is 10.2. The smallest absolute Gasteiger partial charge is 0.385 e. The molecule has 60 valence electrons. The topological polar surface area (TPSA) is 43.4 Å². The van der Waals surface area contributed by atoms with Crippen molar-refractivity contribution in [1.29, 1.82) is 0 Å². The summed E-state index contributed by atoms with van der Waals surface area (Å²) in [4.78, 5) is 20.4. The van der Waals surface area contributed by atoms with E-state index in [1.807, 2.05) is 11.8 Å². The molecule has 0 aliphatic rings. The molecular formula is C8H10O3. The quantitative estimate of drug-likeness (QED) is 0.221. The zero-order chi connectivity index (χ0) is 8.91. The van der Waals surface area contributed by atoms with E-state index in [1.54, 1.807) is 20.8 Å². The molecule has 0 heterocycles. The fourth-order valence-corrected chi connectivity index (χ4v) is 0.392. The van der Waals surface area contributed by atoms with Gasteiger partial charge in [0.1, 0.15) is 5.60 Å². The maximum Gasteiger partial charge on any atom is 0.385 e. The molecule has 0 saturated carbocycles. The van der Waals surface area contributed by atoms with Gasteiger partial charge in [-0.1, -0.05) is 0 Å². The minimum atomic E-state index is -0.676. The Morgan fingerprint density at radius 2 is 2.00 bits per heavy atom. The van der Waals surface area contributed by atoms with Crippen LogP contribution >= 0.6 is 0 Å². The molecule has 0 radical (unpaired) electrons. The predicted octanol–water partition coefficient (Wildman–Crippen LogP) is 0.530. The van der Waals surface area contributed by atoms with Gasteiger partial charge in [-0.25, -0.2) is 4.79 Å². The Bertz CT molecular complexity index is 212. The fraction of sp³-hybridized carbons (Fsp3) is 0.500. The summed E-state index contributed by atoms with van der Waals surface area (Å²) in [7, 11) is 0. The average molecular weight is 154 g/mol. The fourth-order valence-electron chi connectivity index (χ4n) is 0.392. The van der Waals surface area contributed by atoms with E-state index >= 15 is 0 Å². The maximum atomic E-state index is 10.7. The number of hydrogen-bond acceptors (Lipinski definition) is 3. The van der Waals surface area contributed by atoms with E-state index < -0.39 is 11.6 Å². The Morgan fingerprint density at radius 1 is 1.45 bits per heavy atom. The van der Waals surface area contributed by atoms with Crippen molar-refractivity contribution in [2.45, 2.75) is 26.4 Å². The first-order valence-electron chi connectivity index (χ1n) is 3.14. The monoisotopic (exact) mass is 154 g/mol. The molecule has 0 bridgehead atoms. The van der Waals surface area contributed by atoms with Crippen LogP contribution in [0.25, 0.3) is 0 Å². The highest BCUT2D eigenvalue weighted by atomic mass is 16.6. The van der Waals surface area contributed by atoms with Crippen LogP contribution in [0, 0.1) is 11.8 Å². The van der Waals surface area contributed by atoms with Crippen LogP contribution in [0.1, 0.15) is 20.8 Å². The van der Waals surface area contributed by atoms with Crippen LogP contribution in [-0.4, -0.2) is 17.9 Å². The lowest BCUT2D eigenvalue weighted by Crippen LogP contribution is -2.22. The summed E-state index contributed by atoms with van der Waals surface area (Å²) in [5.41, 5.74) is -0.547. The number of rotatable bonds is 0. The Kier molecular flexibility index (Phi) is 3.32. The van der Waals surface area contributed by atoms with Gasteiger partial charge >= 0.3 is 5.97 Å². The van der Waals surface area contributed by atoms with Crippen LogP contribution < -0.4 is 0 Å². The van der Waals surface area contributed by atoms with Crippen molar-refractivity contribution >= 4 is 12.3 Å². The van der Waals surface area contributed by atoms with Crippen LogP contribution in [0.5, 0.6) is 0 Å². The van der Waals surface area contributed by atoms with Crippen molar-refractivity contribution in [3.8, 4) is 11.8 Å². The van der Waals surface area contributed by atoms with Gasteiger partial charge in [0.2, 0.25) is 0 Å². The van der Waals surface area contributed by atoms with E-state index in [-0.39, 0.29) is 0 Å². The molecule has 0 spiro atoms. The summed E-state index contributed by atoms with van der Waals surface area (Å²) in [5.74, 6) is 3.30. The van der Waals surface area contributed by atoms with E-state index in [1.165, 1.54) is 0 Å². The molecule has 0 amide bonds. The first kappa shape index (κ1) is 9.70. The van der Waals surface area contributed by atoms with E-state index in [2.05, 4.69) is 0 Å². The highest BCUT2D eigenvalue weighted by Crippen LogP contribution is 2.05. The summed E-state index contributed by atoms with van der Waals surface area (Å²) < 4.78 is 4.77. The lowest BCUT2D eigenvalue weighted by molar-refractivity contribution is -0.147. The molecule has 0 fully saturated rings. The standard InChI is InChI=1S/C8H10O3/c1-8(2,3)11-7(10)5-4-6-9/h6H,1-3H3. The van der Waals surface area contributed by atoms with Gasteiger partial charge < -0.3 is 4.74 Å². The highest BCUT2D eigenvalue weighted by Gasteiger charge is 2.13. The molecule has 3 nitrogen and oxygen atoms in total. The van der Waals surface area contributed by atoms with Gasteiger partial charge in [0.25, 0.3) is 0 Å². The summed E-state index contributed by atoms with van der Waals surface area (Å²) in [5, 5.41) is 0. The van der Waals surface area contributed by atoms with E-state index in [0.717, 1.165) is 0 Å². The molecule has 11 heavy (non-hydrogen) atoms. The Hall–Kier alpha value is -1.30. The molecular weight excluding hydrogens is 144 g/mol. The second-order valence-electron chi connectivity index (χ2n) is 2.89. The Balaban J connectivity index is 3.99. The molecule has 0 aliphatic heterocycles. The van der Waals surface area contributed by atoms with Crippen molar-refractivity contribution < 1.29 is 14.3 Å². The Morgan fingerprint density at radius 3 is 2.36 bits per heavy atom. The number of ether oxygens (including phenoxy) is 1. The molecule has 0 unspecified atom stereocenters.